The highest BCUT2D eigenvalue weighted by Gasteiger charge is 2.77. The molecule has 0 spiro atoms. The molecule has 3 aromatic rings. The number of hydrogen-bond acceptors (Lipinski definition) is 15. The van der Waals surface area contributed by atoms with Gasteiger partial charge in [-0.15, -0.1) is 0 Å². The second-order valence-electron chi connectivity index (χ2n) is 16.6. The average Bonchev–Trinajstić information content (AvgIpc) is 4.04. The molecule has 5 aliphatic heterocycles. The number of aliphatic hydroxyl groups excluding tert-OH is 5. The Morgan fingerprint density at radius 3 is 2.34 bits per heavy atom. The van der Waals surface area contributed by atoms with Crippen LogP contribution in [-0.4, -0.2) is 153 Å². The van der Waals surface area contributed by atoms with Crippen LogP contribution in [0.5, 0.6) is 0 Å². The van der Waals surface area contributed by atoms with E-state index in [0.29, 0.717) is 24.0 Å². The van der Waals surface area contributed by atoms with Gasteiger partial charge in [0.1, 0.15) is 60.3 Å². The molecule has 0 radical (unpaired) electrons. The van der Waals surface area contributed by atoms with E-state index in [2.05, 4.69) is 5.32 Å². The first kappa shape index (κ1) is 42.7. The Morgan fingerprint density at radius 2 is 1.63 bits per heavy atom. The molecule has 6 fully saturated rings. The number of carbonyl (C=O) groups excluding carboxylic acids is 3. The molecule has 0 aromatic heterocycles. The van der Waals surface area contributed by atoms with Crippen LogP contribution in [-0.2, 0) is 55.2 Å². The lowest BCUT2D eigenvalue weighted by Gasteiger charge is -2.50. The zero-order valence-corrected chi connectivity index (χ0v) is 33.8. The molecule has 1 saturated carbocycles. The summed E-state index contributed by atoms with van der Waals surface area (Å²) < 4.78 is 31.3. The zero-order chi connectivity index (χ0) is 43.2. The standard InChI is InChI=1S/C45H51N3O14/c49-20-18-46-40(54)30-17-8-19-47(30)43(56)44-23-31-36-37(61-45(60-36,28-13-3-1-4-14-28)29-15-5-2-6-16-29)39(44)62-48(38(44)41(55)58-31)24-27-11-7-10-26(22-27)12-9-21-57-42-35(53)34(52)33(51)32(25-50)59-42/h1-7,9-16,22,30-39,42,49-53H,8,17-21,23-25H2,(H,46,54). The molecule has 62 heavy (non-hydrogen) atoms. The molecule has 9 rings (SSSR count). The van der Waals surface area contributed by atoms with Crippen LogP contribution in [0.3, 0.4) is 0 Å². The summed E-state index contributed by atoms with van der Waals surface area (Å²) in [5.41, 5.74) is 1.34. The van der Waals surface area contributed by atoms with Gasteiger partial charge in [-0.25, -0.2) is 0 Å². The number of aliphatic hydroxyl groups is 5. The van der Waals surface area contributed by atoms with Gasteiger partial charge < -0.3 is 59.4 Å². The maximum absolute atomic E-state index is 15.4. The lowest BCUT2D eigenvalue weighted by Crippen LogP contribution is -2.70. The van der Waals surface area contributed by atoms with Crippen LogP contribution in [0.2, 0.25) is 0 Å². The summed E-state index contributed by atoms with van der Waals surface area (Å²) in [5.74, 6) is -2.89. The smallest absolute Gasteiger partial charge is 0.327 e. The molecule has 17 heteroatoms. The predicted octanol–water partition coefficient (Wildman–Crippen LogP) is 0.101. The third-order valence-electron chi connectivity index (χ3n) is 12.9. The quantitative estimate of drug-likeness (QED) is 0.126. The van der Waals surface area contributed by atoms with Crippen molar-refractivity contribution in [3.8, 4) is 0 Å². The number of nitrogens with zero attached hydrogens (tertiary/aromatic N) is 2. The summed E-state index contributed by atoms with van der Waals surface area (Å²) in [6.07, 6.45) is -6.15. The summed E-state index contributed by atoms with van der Waals surface area (Å²) in [6, 6.07) is 24.3. The van der Waals surface area contributed by atoms with Gasteiger partial charge in [-0.1, -0.05) is 97.1 Å². The number of nitrogens with one attached hydrogen (secondary N) is 1. The van der Waals surface area contributed by atoms with Gasteiger partial charge in [-0.2, -0.15) is 5.06 Å². The van der Waals surface area contributed by atoms with Gasteiger partial charge in [0.25, 0.3) is 0 Å². The number of hydrogen-bond donors (Lipinski definition) is 6. The molecule has 6 N–H and O–H groups in total. The van der Waals surface area contributed by atoms with E-state index in [9.17, 15) is 35.1 Å². The van der Waals surface area contributed by atoms with Crippen LogP contribution in [0, 0.1) is 5.41 Å². The Hall–Kier alpha value is -4.63. The Kier molecular flexibility index (Phi) is 12.0. The van der Waals surface area contributed by atoms with Crippen LogP contribution in [0.1, 0.15) is 41.5 Å². The van der Waals surface area contributed by atoms with Crippen LogP contribution in [0.25, 0.3) is 6.08 Å². The summed E-state index contributed by atoms with van der Waals surface area (Å²) in [4.78, 5) is 51.7. The van der Waals surface area contributed by atoms with Gasteiger partial charge in [0.05, 0.1) is 26.4 Å². The van der Waals surface area contributed by atoms with Crippen molar-refractivity contribution in [3.05, 3.63) is 113 Å². The lowest BCUT2D eigenvalue weighted by molar-refractivity contribution is -0.298. The van der Waals surface area contributed by atoms with E-state index < -0.39 is 96.9 Å². The number of ether oxygens (including phenoxy) is 5. The first-order valence-electron chi connectivity index (χ1n) is 21.1. The van der Waals surface area contributed by atoms with Crippen LogP contribution in [0.15, 0.2) is 91.0 Å². The van der Waals surface area contributed by atoms with E-state index in [1.807, 2.05) is 84.9 Å². The van der Waals surface area contributed by atoms with Crippen molar-refractivity contribution >= 4 is 23.9 Å². The Labute approximate surface area is 357 Å². The minimum Gasteiger partial charge on any atom is -0.458 e. The van der Waals surface area contributed by atoms with Gasteiger partial charge in [0.15, 0.2) is 12.3 Å². The highest BCUT2D eigenvalue weighted by Crippen LogP contribution is 2.60. The monoisotopic (exact) mass is 857 g/mol. The summed E-state index contributed by atoms with van der Waals surface area (Å²) in [5, 5.41) is 53.7. The molecule has 2 amide bonds. The largest absolute Gasteiger partial charge is 0.458 e. The number of esters is 1. The van der Waals surface area contributed by atoms with Crippen molar-refractivity contribution < 1.29 is 68.4 Å². The van der Waals surface area contributed by atoms with Crippen molar-refractivity contribution in [3.63, 3.8) is 0 Å². The van der Waals surface area contributed by atoms with Crippen molar-refractivity contribution in [2.45, 2.75) is 98.8 Å². The maximum atomic E-state index is 15.4. The van der Waals surface area contributed by atoms with Crippen LogP contribution in [0.4, 0.5) is 0 Å². The predicted molar refractivity (Wildman–Crippen MR) is 215 cm³/mol. The van der Waals surface area contributed by atoms with Crippen LogP contribution >= 0.6 is 0 Å². The molecule has 6 aliphatic rings. The van der Waals surface area contributed by atoms with Gasteiger partial charge in [0, 0.05) is 30.6 Å². The maximum Gasteiger partial charge on any atom is 0.327 e. The van der Waals surface area contributed by atoms with E-state index >= 15 is 4.79 Å². The molecule has 3 aromatic carbocycles. The Balaban J connectivity index is 1.02. The number of rotatable bonds is 13. The fourth-order valence-electron chi connectivity index (χ4n) is 10.0. The van der Waals surface area contributed by atoms with Gasteiger partial charge in [-0.05, 0) is 24.0 Å². The summed E-state index contributed by atoms with van der Waals surface area (Å²) in [6.45, 7) is -0.496. The Bertz CT molecular complexity index is 2090. The fraction of sp³-hybridized carbons (Fsp3) is 0.489. The second-order valence-corrected chi connectivity index (χ2v) is 16.6. The van der Waals surface area contributed by atoms with E-state index in [4.69, 9.17) is 28.5 Å². The lowest BCUT2D eigenvalue weighted by atomic mass is 9.62. The van der Waals surface area contributed by atoms with E-state index in [0.717, 1.165) is 11.1 Å². The second kappa shape index (κ2) is 17.5. The minimum atomic E-state index is -1.56. The molecular weight excluding hydrogens is 807 g/mol. The summed E-state index contributed by atoms with van der Waals surface area (Å²) in [7, 11) is 0. The molecule has 5 saturated heterocycles. The highest BCUT2D eigenvalue weighted by molar-refractivity contribution is 5.96. The van der Waals surface area contributed by atoms with Crippen molar-refractivity contribution in [2.24, 2.45) is 5.41 Å². The highest BCUT2D eigenvalue weighted by atomic mass is 16.8. The molecule has 12 unspecified atom stereocenters. The third kappa shape index (κ3) is 7.34. The molecular formula is C45H51N3O14. The molecule has 12 atom stereocenters. The number of amides is 2. The van der Waals surface area contributed by atoms with E-state index in [-0.39, 0.29) is 45.2 Å². The minimum absolute atomic E-state index is 0.0363. The SMILES string of the molecule is O=C(NCCO)C1CCCN1C(=O)C12CC3OC(=O)C1N(Cc1cccc(C=CCOC4OC(CO)C(O)C(O)C4O)c1)OC2C1OC(c2ccccc2)(c2ccccc2)OC31. The number of fused-ring (bicyclic) bond motifs is 4. The first-order chi connectivity index (χ1) is 30.1. The van der Waals surface area contributed by atoms with E-state index in [1.54, 1.807) is 17.1 Å². The molecule has 2 bridgehead atoms. The normalized spacial score (nSPS) is 34.9. The number of likely N-dealkylation sites (tertiary alicyclic amines) is 1. The zero-order valence-electron chi connectivity index (χ0n) is 33.8. The topological polar surface area (TPSA) is 226 Å². The third-order valence-corrected chi connectivity index (χ3v) is 12.9. The van der Waals surface area contributed by atoms with Crippen molar-refractivity contribution in [2.75, 3.05) is 32.9 Å². The molecule has 17 nitrogen and oxygen atoms in total. The average molecular weight is 858 g/mol. The van der Waals surface area contributed by atoms with Gasteiger partial charge >= 0.3 is 5.97 Å². The van der Waals surface area contributed by atoms with E-state index in [1.165, 1.54) is 5.06 Å². The fourth-order valence-corrected chi connectivity index (χ4v) is 10.0. The first-order valence-corrected chi connectivity index (χ1v) is 21.1. The van der Waals surface area contributed by atoms with Gasteiger partial charge in [-0.3, -0.25) is 19.2 Å². The summed E-state index contributed by atoms with van der Waals surface area (Å²) >= 11 is 0. The molecule has 5 heterocycles. The number of hydroxylamine groups is 2. The van der Waals surface area contributed by atoms with Crippen molar-refractivity contribution in [1.29, 1.82) is 0 Å². The number of carbonyl (C=O) groups is 3. The van der Waals surface area contributed by atoms with Gasteiger partial charge in [0.2, 0.25) is 17.6 Å². The number of benzene rings is 3. The molecule has 330 valence electrons. The molecule has 1 aliphatic carbocycles. The van der Waals surface area contributed by atoms with Crippen LogP contribution < -0.4 is 5.32 Å². The Morgan fingerprint density at radius 1 is 0.903 bits per heavy atom. The van der Waals surface area contributed by atoms with Crippen molar-refractivity contribution in [1.82, 2.24) is 15.3 Å².